The quantitative estimate of drug-likeness (QED) is 0.716. The van der Waals surface area contributed by atoms with Gasteiger partial charge >= 0.3 is 0 Å². The molecule has 0 aliphatic carbocycles. The Kier molecular flexibility index (Phi) is 3.20. The summed E-state index contributed by atoms with van der Waals surface area (Å²) >= 11 is 1.65. The number of thiazole rings is 1. The van der Waals surface area contributed by atoms with Gasteiger partial charge in [-0.15, -0.1) is 11.3 Å². The van der Waals surface area contributed by atoms with E-state index in [0.717, 1.165) is 32.3 Å². The van der Waals surface area contributed by atoms with E-state index in [-0.39, 0.29) is 0 Å². The molecule has 0 saturated carbocycles. The maximum absolute atomic E-state index is 6.11. The summed E-state index contributed by atoms with van der Waals surface area (Å²) in [7, 11) is 1.65. The molecule has 4 nitrogen and oxygen atoms in total. The molecule has 0 unspecified atom stereocenters. The number of methoxy groups -OCH3 is 1. The van der Waals surface area contributed by atoms with Crippen molar-refractivity contribution in [2.24, 2.45) is 0 Å². The van der Waals surface area contributed by atoms with Gasteiger partial charge in [-0.25, -0.2) is 4.98 Å². The second-order valence-electron chi connectivity index (χ2n) is 4.47. The SMILES string of the molecule is COc1ccccc1Nc1cc2nc(C)sc2cc1N. The van der Waals surface area contributed by atoms with Crippen molar-refractivity contribution in [2.45, 2.75) is 6.92 Å². The largest absolute Gasteiger partial charge is 0.495 e. The Morgan fingerprint density at radius 3 is 2.80 bits per heavy atom. The van der Waals surface area contributed by atoms with Crippen LogP contribution in [0.25, 0.3) is 10.2 Å². The van der Waals surface area contributed by atoms with Crippen molar-refractivity contribution in [3.05, 3.63) is 41.4 Å². The Bertz CT molecular complexity index is 767. The van der Waals surface area contributed by atoms with Gasteiger partial charge in [-0.1, -0.05) is 12.1 Å². The lowest BCUT2D eigenvalue weighted by atomic mass is 10.2. The van der Waals surface area contributed by atoms with Crippen LogP contribution in [0, 0.1) is 6.92 Å². The maximum Gasteiger partial charge on any atom is 0.142 e. The maximum atomic E-state index is 6.11. The van der Waals surface area contributed by atoms with E-state index in [0.29, 0.717) is 5.69 Å². The molecule has 3 aromatic rings. The van der Waals surface area contributed by atoms with Crippen LogP contribution in [0.15, 0.2) is 36.4 Å². The molecule has 1 aromatic heterocycles. The first-order valence-electron chi connectivity index (χ1n) is 6.24. The summed E-state index contributed by atoms with van der Waals surface area (Å²) in [5, 5.41) is 4.34. The van der Waals surface area contributed by atoms with Gasteiger partial charge in [-0.2, -0.15) is 0 Å². The second-order valence-corrected chi connectivity index (χ2v) is 5.70. The number of hydrogen-bond acceptors (Lipinski definition) is 5. The number of nitrogens with zero attached hydrogens (tertiary/aromatic N) is 1. The zero-order valence-electron chi connectivity index (χ0n) is 11.3. The molecule has 0 amide bonds. The standard InChI is InChI=1S/C15H15N3OS/c1-9-17-13-8-12(10(16)7-15(13)20-9)18-11-5-3-4-6-14(11)19-2/h3-8,18H,16H2,1-2H3. The molecular weight excluding hydrogens is 270 g/mol. The van der Waals surface area contributed by atoms with Crippen LogP contribution in [-0.2, 0) is 0 Å². The predicted molar refractivity (Wildman–Crippen MR) is 85.0 cm³/mol. The number of hydrogen-bond donors (Lipinski definition) is 2. The molecule has 0 aliphatic rings. The summed E-state index contributed by atoms with van der Waals surface area (Å²) in [5.41, 5.74) is 9.49. The van der Waals surface area contributed by atoms with Crippen molar-refractivity contribution in [1.82, 2.24) is 4.98 Å². The Balaban J connectivity index is 2.03. The molecule has 0 radical (unpaired) electrons. The van der Waals surface area contributed by atoms with Crippen LogP contribution in [-0.4, -0.2) is 12.1 Å². The highest BCUT2D eigenvalue weighted by atomic mass is 32.1. The van der Waals surface area contributed by atoms with Crippen LogP contribution in [0.2, 0.25) is 0 Å². The van der Waals surface area contributed by atoms with Gasteiger partial charge < -0.3 is 15.8 Å². The first-order chi connectivity index (χ1) is 9.67. The van der Waals surface area contributed by atoms with Crippen molar-refractivity contribution >= 4 is 38.6 Å². The number of aromatic nitrogens is 1. The summed E-state index contributed by atoms with van der Waals surface area (Å²) < 4.78 is 6.43. The van der Waals surface area contributed by atoms with E-state index in [1.165, 1.54) is 0 Å². The second kappa shape index (κ2) is 5.02. The Labute approximate surface area is 121 Å². The molecule has 3 N–H and O–H groups in total. The molecule has 3 rings (SSSR count). The van der Waals surface area contributed by atoms with E-state index < -0.39 is 0 Å². The molecule has 0 bridgehead atoms. The van der Waals surface area contributed by atoms with Crippen molar-refractivity contribution in [3.63, 3.8) is 0 Å². The Hall–Kier alpha value is -2.27. The molecular formula is C15H15N3OS. The average Bonchev–Trinajstić information content (AvgIpc) is 2.79. The Morgan fingerprint density at radius 1 is 1.20 bits per heavy atom. The number of ether oxygens (including phenoxy) is 1. The lowest BCUT2D eigenvalue weighted by molar-refractivity contribution is 0.417. The van der Waals surface area contributed by atoms with Crippen LogP contribution in [0.5, 0.6) is 5.75 Å². The van der Waals surface area contributed by atoms with E-state index in [2.05, 4.69) is 10.3 Å². The fourth-order valence-corrected chi connectivity index (χ4v) is 2.96. The number of rotatable bonds is 3. The molecule has 0 atom stereocenters. The number of nitrogens with two attached hydrogens (primary N) is 1. The fourth-order valence-electron chi connectivity index (χ4n) is 2.11. The van der Waals surface area contributed by atoms with Gasteiger partial charge in [0.15, 0.2) is 0 Å². The highest BCUT2D eigenvalue weighted by Gasteiger charge is 2.08. The number of aryl methyl sites for hydroxylation is 1. The summed E-state index contributed by atoms with van der Waals surface area (Å²) in [6.07, 6.45) is 0. The fraction of sp³-hybridized carbons (Fsp3) is 0.133. The molecule has 0 spiro atoms. The summed E-state index contributed by atoms with van der Waals surface area (Å²) in [5.74, 6) is 0.779. The van der Waals surface area contributed by atoms with E-state index in [1.807, 2.05) is 43.3 Å². The zero-order valence-corrected chi connectivity index (χ0v) is 12.1. The molecule has 5 heteroatoms. The van der Waals surface area contributed by atoms with Crippen LogP contribution in [0.1, 0.15) is 5.01 Å². The number of benzene rings is 2. The van der Waals surface area contributed by atoms with Gasteiger partial charge in [-0.05, 0) is 31.2 Å². The van der Waals surface area contributed by atoms with Crippen LogP contribution >= 0.6 is 11.3 Å². The lowest BCUT2D eigenvalue weighted by Gasteiger charge is -2.12. The van der Waals surface area contributed by atoms with Crippen molar-refractivity contribution in [2.75, 3.05) is 18.2 Å². The lowest BCUT2D eigenvalue weighted by Crippen LogP contribution is -1.98. The van der Waals surface area contributed by atoms with Gasteiger partial charge in [0.25, 0.3) is 0 Å². The van der Waals surface area contributed by atoms with E-state index in [1.54, 1.807) is 18.4 Å². The third-order valence-electron chi connectivity index (χ3n) is 3.04. The molecule has 20 heavy (non-hydrogen) atoms. The molecule has 102 valence electrons. The number of nitrogen functional groups attached to an aromatic ring is 1. The number of nitrogens with one attached hydrogen (secondary N) is 1. The molecule has 0 aliphatic heterocycles. The summed E-state index contributed by atoms with van der Waals surface area (Å²) in [6, 6.07) is 11.7. The van der Waals surface area contributed by atoms with Gasteiger partial charge in [0.2, 0.25) is 0 Å². The third-order valence-corrected chi connectivity index (χ3v) is 3.98. The van der Waals surface area contributed by atoms with Crippen LogP contribution < -0.4 is 15.8 Å². The summed E-state index contributed by atoms with van der Waals surface area (Å²) in [4.78, 5) is 4.49. The van der Waals surface area contributed by atoms with Crippen molar-refractivity contribution in [3.8, 4) is 5.75 Å². The highest BCUT2D eigenvalue weighted by molar-refractivity contribution is 7.18. The normalized spacial score (nSPS) is 10.7. The summed E-state index contributed by atoms with van der Waals surface area (Å²) in [6.45, 7) is 1.99. The predicted octanol–water partition coefficient (Wildman–Crippen LogP) is 3.94. The van der Waals surface area contributed by atoms with Crippen LogP contribution in [0.4, 0.5) is 17.1 Å². The number of anilines is 3. The average molecular weight is 285 g/mol. The zero-order chi connectivity index (χ0) is 14.1. The topological polar surface area (TPSA) is 60.2 Å². The van der Waals surface area contributed by atoms with E-state index in [4.69, 9.17) is 10.5 Å². The number of para-hydroxylation sites is 2. The van der Waals surface area contributed by atoms with E-state index in [9.17, 15) is 0 Å². The minimum Gasteiger partial charge on any atom is -0.495 e. The minimum absolute atomic E-state index is 0.701. The van der Waals surface area contributed by atoms with Crippen molar-refractivity contribution < 1.29 is 4.74 Å². The minimum atomic E-state index is 0.701. The molecule has 2 aromatic carbocycles. The first-order valence-corrected chi connectivity index (χ1v) is 7.06. The monoisotopic (exact) mass is 285 g/mol. The molecule has 0 saturated heterocycles. The van der Waals surface area contributed by atoms with Crippen molar-refractivity contribution in [1.29, 1.82) is 0 Å². The number of fused-ring (bicyclic) bond motifs is 1. The van der Waals surface area contributed by atoms with Gasteiger partial charge in [0, 0.05) is 0 Å². The van der Waals surface area contributed by atoms with Gasteiger partial charge in [-0.3, -0.25) is 0 Å². The van der Waals surface area contributed by atoms with E-state index >= 15 is 0 Å². The Morgan fingerprint density at radius 2 is 2.00 bits per heavy atom. The third kappa shape index (κ3) is 2.28. The smallest absolute Gasteiger partial charge is 0.142 e. The highest BCUT2D eigenvalue weighted by Crippen LogP contribution is 2.34. The van der Waals surface area contributed by atoms with Gasteiger partial charge in [0.05, 0.1) is 39.4 Å². The molecule has 1 heterocycles. The van der Waals surface area contributed by atoms with Crippen LogP contribution in [0.3, 0.4) is 0 Å². The molecule has 0 fully saturated rings. The van der Waals surface area contributed by atoms with Gasteiger partial charge in [0.1, 0.15) is 5.75 Å². The first kappa shape index (κ1) is 12.7.